The fourth-order valence-electron chi connectivity index (χ4n) is 6.06. The first-order valence-corrected chi connectivity index (χ1v) is 18.8. The van der Waals surface area contributed by atoms with Crippen LogP contribution in [0.15, 0.2) is 12.4 Å². The molecular weight excluding hydrogens is 524 g/mol. The Balaban J connectivity index is 1.33. The quantitative estimate of drug-likeness (QED) is 0.286. The van der Waals surface area contributed by atoms with Gasteiger partial charge in [-0.3, -0.25) is 0 Å². The molecule has 2 saturated heterocycles. The number of amides is 1. The molecule has 0 radical (unpaired) electrons. The Hall–Kier alpha value is -2.01. The number of piperidine rings is 1. The van der Waals surface area contributed by atoms with Crippen molar-refractivity contribution < 1.29 is 23.7 Å². The molecule has 40 heavy (non-hydrogen) atoms. The second-order valence-corrected chi connectivity index (χ2v) is 19.6. The minimum Gasteiger partial charge on any atom is -0.444 e. The van der Waals surface area contributed by atoms with Crippen LogP contribution in [0.5, 0.6) is 0 Å². The van der Waals surface area contributed by atoms with E-state index >= 15 is 0 Å². The Morgan fingerprint density at radius 2 is 1.75 bits per heavy atom. The van der Waals surface area contributed by atoms with Crippen molar-refractivity contribution in [2.75, 3.05) is 32.9 Å². The number of ether oxygens (including phenoxy) is 4. The lowest BCUT2D eigenvalue weighted by Gasteiger charge is -2.35. The summed E-state index contributed by atoms with van der Waals surface area (Å²) in [6, 6.07) is 1.13. The molecule has 1 aliphatic carbocycles. The smallest absolute Gasteiger partial charge is 0.410 e. The summed E-state index contributed by atoms with van der Waals surface area (Å²) in [5.41, 5.74) is 3.66. The SMILES string of the molecule is CC(C)(C)OC(=O)N1CCC(c2cn(COCC[Si](C)(C)C)c3ncc(C4CCC5(CC4)OCCO5)nc23)CC1. The van der Waals surface area contributed by atoms with Crippen molar-refractivity contribution in [3.63, 3.8) is 0 Å². The molecule has 2 aromatic heterocycles. The van der Waals surface area contributed by atoms with Crippen molar-refractivity contribution in [1.29, 1.82) is 0 Å². The van der Waals surface area contributed by atoms with Crippen LogP contribution in [0.2, 0.25) is 25.7 Å². The van der Waals surface area contributed by atoms with Crippen molar-refractivity contribution >= 4 is 25.3 Å². The zero-order chi connectivity index (χ0) is 28.5. The molecule has 2 aromatic rings. The van der Waals surface area contributed by atoms with E-state index in [9.17, 15) is 4.79 Å². The van der Waals surface area contributed by atoms with Gasteiger partial charge in [-0.25, -0.2) is 14.8 Å². The molecule has 5 rings (SSSR count). The number of nitrogens with zero attached hydrogens (tertiary/aromatic N) is 4. The number of aromatic nitrogens is 3. The summed E-state index contributed by atoms with van der Waals surface area (Å²) < 4.78 is 25.8. The van der Waals surface area contributed by atoms with Crippen LogP contribution >= 0.6 is 0 Å². The molecule has 10 heteroatoms. The van der Waals surface area contributed by atoms with Crippen LogP contribution in [-0.2, 0) is 25.7 Å². The number of carbonyl (C=O) groups is 1. The first kappa shape index (κ1) is 29.5. The van der Waals surface area contributed by atoms with Crippen LogP contribution in [0.3, 0.4) is 0 Å². The van der Waals surface area contributed by atoms with E-state index in [0.717, 1.165) is 68.0 Å². The summed E-state index contributed by atoms with van der Waals surface area (Å²) >= 11 is 0. The first-order chi connectivity index (χ1) is 18.9. The molecule has 0 bridgehead atoms. The predicted octanol–water partition coefficient (Wildman–Crippen LogP) is 6.26. The molecule has 0 unspecified atom stereocenters. The molecule has 2 aliphatic heterocycles. The highest BCUT2D eigenvalue weighted by molar-refractivity contribution is 6.76. The molecule has 4 heterocycles. The van der Waals surface area contributed by atoms with E-state index in [1.165, 1.54) is 5.56 Å². The van der Waals surface area contributed by atoms with Gasteiger partial charge >= 0.3 is 6.09 Å². The van der Waals surface area contributed by atoms with Crippen molar-refractivity contribution in [2.24, 2.45) is 0 Å². The number of fused-ring (bicyclic) bond motifs is 1. The molecule has 3 aliphatic rings. The van der Waals surface area contributed by atoms with E-state index in [0.29, 0.717) is 44.9 Å². The second-order valence-electron chi connectivity index (χ2n) is 14.0. The molecule has 0 N–H and O–H groups in total. The maximum atomic E-state index is 12.6. The largest absolute Gasteiger partial charge is 0.444 e. The molecule has 0 atom stereocenters. The van der Waals surface area contributed by atoms with Crippen LogP contribution in [-0.4, -0.2) is 77.9 Å². The van der Waals surface area contributed by atoms with Crippen LogP contribution < -0.4 is 0 Å². The van der Waals surface area contributed by atoms with Crippen molar-refractivity contribution in [2.45, 2.75) is 115 Å². The van der Waals surface area contributed by atoms with Gasteiger partial charge in [0, 0.05) is 58.3 Å². The lowest BCUT2D eigenvalue weighted by molar-refractivity contribution is -0.178. The zero-order valence-electron chi connectivity index (χ0n) is 25.3. The van der Waals surface area contributed by atoms with Gasteiger partial charge in [0.25, 0.3) is 0 Å². The average Bonchev–Trinajstić information content (AvgIpc) is 3.50. The van der Waals surface area contributed by atoms with Gasteiger partial charge in [0.1, 0.15) is 17.8 Å². The molecule has 9 nitrogen and oxygen atoms in total. The van der Waals surface area contributed by atoms with E-state index in [1.54, 1.807) is 0 Å². The number of hydrogen-bond acceptors (Lipinski definition) is 7. The van der Waals surface area contributed by atoms with Crippen molar-refractivity contribution in [3.8, 4) is 0 Å². The van der Waals surface area contributed by atoms with E-state index in [2.05, 4.69) is 30.4 Å². The Kier molecular flexibility index (Phi) is 8.62. The highest BCUT2D eigenvalue weighted by Crippen LogP contribution is 2.42. The summed E-state index contributed by atoms with van der Waals surface area (Å²) in [6.45, 7) is 16.8. The van der Waals surface area contributed by atoms with E-state index in [4.69, 9.17) is 28.9 Å². The van der Waals surface area contributed by atoms with Crippen LogP contribution in [0.1, 0.15) is 82.4 Å². The minimum atomic E-state index is -1.16. The number of carbonyl (C=O) groups excluding carboxylic acids is 1. The third-order valence-corrected chi connectivity index (χ3v) is 10.1. The van der Waals surface area contributed by atoms with Crippen molar-refractivity contribution in [1.82, 2.24) is 19.4 Å². The molecule has 3 fully saturated rings. The topological polar surface area (TPSA) is 87.9 Å². The maximum Gasteiger partial charge on any atom is 0.410 e. The van der Waals surface area contributed by atoms with Crippen LogP contribution in [0.25, 0.3) is 11.2 Å². The number of hydrogen-bond donors (Lipinski definition) is 0. The fourth-order valence-corrected chi connectivity index (χ4v) is 6.82. The fraction of sp³-hybridized carbons (Fsp3) is 0.767. The van der Waals surface area contributed by atoms with Gasteiger partial charge < -0.3 is 28.4 Å². The van der Waals surface area contributed by atoms with E-state index < -0.39 is 13.7 Å². The lowest BCUT2D eigenvalue weighted by atomic mass is 9.83. The Morgan fingerprint density at radius 3 is 2.38 bits per heavy atom. The lowest BCUT2D eigenvalue weighted by Crippen LogP contribution is -2.41. The summed E-state index contributed by atoms with van der Waals surface area (Å²) in [5, 5.41) is 0. The normalized spacial score (nSPS) is 21.0. The Bertz CT molecular complexity index is 1160. The average molecular weight is 573 g/mol. The summed E-state index contributed by atoms with van der Waals surface area (Å²) in [4.78, 5) is 24.7. The standard InChI is InChI=1S/C30H48N4O5Si/c1-29(2,3)39-28(35)33-13-9-22(10-14-33)24-20-34(21-36-17-18-40(4,5)6)27-26(24)32-25(19-31-27)23-7-11-30(12-8-23)37-15-16-38-30/h19-20,22-23H,7-18,21H2,1-6H3. The van der Waals surface area contributed by atoms with Gasteiger partial charge in [-0.05, 0) is 58.4 Å². The molecule has 0 aromatic carbocycles. The van der Waals surface area contributed by atoms with Gasteiger partial charge in [0.2, 0.25) is 0 Å². The minimum absolute atomic E-state index is 0.225. The summed E-state index contributed by atoms with van der Waals surface area (Å²) in [5.74, 6) is 0.287. The summed E-state index contributed by atoms with van der Waals surface area (Å²) in [7, 11) is -1.16. The molecule has 1 saturated carbocycles. The third-order valence-electron chi connectivity index (χ3n) is 8.40. The number of rotatable bonds is 7. The summed E-state index contributed by atoms with van der Waals surface area (Å²) in [6.07, 6.45) is 9.48. The molecule has 1 amide bonds. The van der Waals surface area contributed by atoms with Gasteiger partial charge in [-0.1, -0.05) is 19.6 Å². The first-order valence-electron chi connectivity index (χ1n) is 15.1. The Labute approximate surface area is 239 Å². The number of likely N-dealkylation sites (tertiary alicyclic amines) is 1. The highest BCUT2D eigenvalue weighted by Gasteiger charge is 2.41. The van der Waals surface area contributed by atoms with E-state index in [1.807, 2.05) is 31.9 Å². The van der Waals surface area contributed by atoms with Crippen LogP contribution in [0.4, 0.5) is 4.79 Å². The molecule has 1 spiro atoms. The highest BCUT2D eigenvalue weighted by atomic mass is 28.3. The van der Waals surface area contributed by atoms with Gasteiger partial charge in [0.05, 0.1) is 25.1 Å². The van der Waals surface area contributed by atoms with Gasteiger partial charge in [0.15, 0.2) is 11.4 Å². The Morgan fingerprint density at radius 1 is 1.07 bits per heavy atom. The third kappa shape index (κ3) is 7.06. The second kappa shape index (κ2) is 11.7. The predicted molar refractivity (Wildman–Crippen MR) is 157 cm³/mol. The molecule has 222 valence electrons. The van der Waals surface area contributed by atoms with Gasteiger partial charge in [-0.15, -0.1) is 0 Å². The maximum absolute atomic E-state index is 12.6. The van der Waals surface area contributed by atoms with Gasteiger partial charge in [-0.2, -0.15) is 0 Å². The zero-order valence-corrected chi connectivity index (χ0v) is 26.3. The molecular formula is C30H48N4O5Si. The van der Waals surface area contributed by atoms with Crippen LogP contribution in [0, 0.1) is 0 Å². The van der Waals surface area contributed by atoms with E-state index in [-0.39, 0.29) is 11.9 Å². The van der Waals surface area contributed by atoms with Crippen molar-refractivity contribution in [3.05, 3.63) is 23.7 Å². The monoisotopic (exact) mass is 572 g/mol.